The van der Waals surface area contributed by atoms with Crippen LogP contribution in [0, 0.1) is 5.82 Å². The SMILES string of the molecule is CS(=O)(=O)N(CCCC(=O)NCc1ccc2c(c1)OCO2)c1ccccc1F. The van der Waals surface area contributed by atoms with Gasteiger partial charge in [-0.25, -0.2) is 12.8 Å². The fourth-order valence-corrected chi connectivity index (χ4v) is 3.81. The Balaban J connectivity index is 1.51. The Morgan fingerprint density at radius 1 is 1.18 bits per heavy atom. The van der Waals surface area contributed by atoms with Crippen LogP contribution in [0.1, 0.15) is 18.4 Å². The van der Waals surface area contributed by atoms with Gasteiger partial charge in [0.1, 0.15) is 5.82 Å². The van der Waals surface area contributed by atoms with Crippen molar-refractivity contribution in [3.05, 3.63) is 53.8 Å². The summed E-state index contributed by atoms with van der Waals surface area (Å²) >= 11 is 0. The quantitative estimate of drug-likeness (QED) is 0.725. The monoisotopic (exact) mass is 408 g/mol. The van der Waals surface area contributed by atoms with E-state index in [-0.39, 0.29) is 37.8 Å². The van der Waals surface area contributed by atoms with Gasteiger partial charge in [0.05, 0.1) is 11.9 Å². The molecule has 28 heavy (non-hydrogen) atoms. The number of nitrogens with one attached hydrogen (secondary N) is 1. The first-order valence-corrected chi connectivity index (χ1v) is 10.6. The average Bonchev–Trinajstić information content (AvgIpc) is 3.11. The summed E-state index contributed by atoms with van der Waals surface area (Å²) in [5.41, 5.74) is 0.840. The van der Waals surface area contributed by atoms with Gasteiger partial charge in [-0.15, -0.1) is 0 Å². The second-order valence-electron chi connectivity index (χ2n) is 6.35. The van der Waals surface area contributed by atoms with Crippen LogP contribution in [0.4, 0.5) is 10.1 Å². The molecule has 0 atom stereocenters. The molecule has 1 N–H and O–H groups in total. The molecule has 1 aliphatic heterocycles. The zero-order valence-corrected chi connectivity index (χ0v) is 16.2. The Morgan fingerprint density at radius 3 is 2.68 bits per heavy atom. The van der Waals surface area contributed by atoms with Gasteiger partial charge < -0.3 is 14.8 Å². The molecule has 2 aromatic rings. The molecular formula is C19H21FN2O5S. The summed E-state index contributed by atoms with van der Waals surface area (Å²) < 4.78 is 49.5. The van der Waals surface area contributed by atoms with Crippen LogP contribution in [0.5, 0.6) is 11.5 Å². The van der Waals surface area contributed by atoms with Crippen molar-refractivity contribution in [3.63, 3.8) is 0 Å². The molecule has 0 bridgehead atoms. The fourth-order valence-electron chi connectivity index (χ4n) is 2.84. The number of halogens is 1. The molecule has 0 aromatic heterocycles. The van der Waals surface area contributed by atoms with Crippen molar-refractivity contribution >= 4 is 21.6 Å². The van der Waals surface area contributed by atoms with Crippen molar-refractivity contribution in [3.8, 4) is 11.5 Å². The summed E-state index contributed by atoms with van der Waals surface area (Å²) in [4.78, 5) is 12.1. The van der Waals surface area contributed by atoms with Gasteiger partial charge in [0.2, 0.25) is 22.7 Å². The second kappa shape index (κ2) is 8.47. The Kier molecular flexibility index (Phi) is 6.03. The van der Waals surface area contributed by atoms with Crippen molar-refractivity contribution in [1.29, 1.82) is 0 Å². The van der Waals surface area contributed by atoms with E-state index in [1.807, 2.05) is 6.07 Å². The minimum atomic E-state index is -3.66. The lowest BCUT2D eigenvalue weighted by Crippen LogP contribution is -2.32. The molecule has 3 rings (SSSR count). The van der Waals surface area contributed by atoms with Gasteiger partial charge in [-0.05, 0) is 36.2 Å². The first kappa shape index (κ1) is 19.9. The number of anilines is 1. The lowest BCUT2D eigenvalue weighted by molar-refractivity contribution is -0.121. The summed E-state index contributed by atoms with van der Waals surface area (Å²) in [6, 6.07) is 11.1. The molecule has 0 saturated heterocycles. The predicted octanol–water partition coefficient (Wildman–Crippen LogP) is 2.42. The van der Waals surface area contributed by atoms with Crippen LogP contribution in [0.25, 0.3) is 0 Å². The van der Waals surface area contributed by atoms with Crippen LogP contribution in [-0.2, 0) is 21.4 Å². The number of carbonyl (C=O) groups is 1. The Hall–Kier alpha value is -2.81. The predicted molar refractivity (Wildman–Crippen MR) is 102 cm³/mol. The molecule has 0 aliphatic carbocycles. The molecule has 0 fully saturated rings. The highest BCUT2D eigenvalue weighted by Crippen LogP contribution is 2.32. The van der Waals surface area contributed by atoms with Crippen molar-refractivity contribution in [2.75, 3.05) is 23.9 Å². The van der Waals surface area contributed by atoms with Crippen LogP contribution in [0.2, 0.25) is 0 Å². The maximum absolute atomic E-state index is 14.0. The fraction of sp³-hybridized carbons (Fsp3) is 0.316. The number of hydrogen-bond acceptors (Lipinski definition) is 5. The smallest absolute Gasteiger partial charge is 0.232 e. The van der Waals surface area contributed by atoms with Crippen molar-refractivity contribution in [1.82, 2.24) is 5.32 Å². The van der Waals surface area contributed by atoms with E-state index in [4.69, 9.17) is 9.47 Å². The van der Waals surface area contributed by atoms with Gasteiger partial charge in [-0.1, -0.05) is 18.2 Å². The molecule has 9 heteroatoms. The molecule has 0 spiro atoms. The molecule has 7 nitrogen and oxygen atoms in total. The number of carbonyl (C=O) groups excluding carboxylic acids is 1. The third kappa shape index (κ3) is 4.92. The van der Waals surface area contributed by atoms with E-state index < -0.39 is 15.8 Å². The standard InChI is InChI=1S/C19H21FN2O5S/c1-28(24,25)22(16-6-3-2-5-15(16)20)10-4-7-19(23)21-12-14-8-9-17-18(11-14)27-13-26-17/h2-3,5-6,8-9,11H,4,7,10,12-13H2,1H3,(H,21,23). The molecule has 2 aromatic carbocycles. The third-order valence-electron chi connectivity index (χ3n) is 4.21. The number of para-hydroxylation sites is 1. The second-order valence-corrected chi connectivity index (χ2v) is 8.26. The molecule has 1 amide bonds. The van der Waals surface area contributed by atoms with Gasteiger partial charge in [-0.3, -0.25) is 9.10 Å². The van der Waals surface area contributed by atoms with E-state index in [9.17, 15) is 17.6 Å². The number of fused-ring (bicyclic) bond motifs is 1. The molecule has 0 radical (unpaired) electrons. The molecule has 0 saturated carbocycles. The summed E-state index contributed by atoms with van der Waals surface area (Å²) in [5, 5.41) is 2.78. The van der Waals surface area contributed by atoms with Crippen molar-refractivity contribution in [2.45, 2.75) is 19.4 Å². The lowest BCUT2D eigenvalue weighted by atomic mass is 10.2. The van der Waals surface area contributed by atoms with Gasteiger partial charge in [-0.2, -0.15) is 0 Å². The minimum Gasteiger partial charge on any atom is -0.454 e. The van der Waals surface area contributed by atoms with Crippen molar-refractivity contribution in [2.24, 2.45) is 0 Å². The highest BCUT2D eigenvalue weighted by Gasteiger charge is 2.20. The number of hydrogen-bond donors (Lipinski definition) is 1. The molecule has 0 unspecified atom stereocenters. The van der Waals surface area contributed by atoms with Gasteiger partial charge in [0.25, 0.3) is 0 Å². The zero-order chi connectivity index (χ0) is 20.1. The average molecular weight is 408 g/mol. The third-order valence-corrected chi connectivity index (χ3v) is 5.39. The maximum atomic E-state index is 14.0. The normalized spacial score (nSPS) is 12.6. The number of ether oxygens (including phenoxy) is 2. The zero-order valence-electron chi connectivity index (χ0n) is 15.4. The number of sulfonamides is 1. The minimum absolute atomic E-state index is 0.0111. The van der Waals surface area contributed by atoms with E-state index in [2.05, 4.69) is 5.32 Å². The Morgan fingerprint density at radius 2 is 1.93 bits per heavy atom. The summed E-state index contributed by atoms with van der Waals surface area (Å²) in [5.74, 6) is 0.462. The lowest BCUT2D eigenvalue weighted by Gasteiger charge is -2.22. The number of benzene rings is 2. The van der Waals surface area contributed by atoms with Crippen molar-refractivity contribution < 1.29 is 27.1 Å². The number of rotatable bonds is 8. The van der Waals surface area contributed by atoms with Crippen LogP contribution < -0.4 is 19.1 Å². The van der Waals surface area contributed by atoms with Crippen LogP contribution in [0.3, 0.4) is 0 Å². The first-order valence-electron chi connectivity index (χ1n) is 8.72. The number of amides is 1. The molecular weight excluding hydrogens is 387 g/mol. The van der Waals surface area contributed by atoms with E-state index in [1.165, 1.54) is 18.2 Å². The topological polar surface area (TPSA) is 84.9 Å². The van der Waals surface area contributed by atoms with Crippen LogP contribution in [0.15, 0.2) is 42.5 Å². The molecule has 1 aliphatic rings. The van der Waals surface area contributed by atoms with Gasteiger partial charge in [0.15, 0.2) is 11.5 Å². The largest absolute Gasteiger partial charge is 0.454 e. The summed E-state index contributed by atoms with van der Waals surface area (Å²) in [7, 11) is -3.66. The first-order chi connectivity index (χ1) is 13.3. The van der Waals surface area contributed by atoms with Gasteiger partial charge >= 0.3 is 0 Å². The van der Waals surface area contributed by atoms with E-state index in [0.717, 1.165) is 16.1 Å². The summed E-state index contributed by atoms with van der Waals surface area (Å²) in [6.07, 6.45) is 1.39. The van der Waals surface area contributed by atoms with E-state index >= 15 is 0 Å². The highest BCUT2D eigenvalue weighted by atomic mass is 32.2. The maximum Gasteiger partial charge on any atom is 0.232 e. The Labute approximate surface area is 163 Å². The molecule has 150 valence electrons. The van der Waals surface area contributed by atoms with Crippen LogP contribution >= 0.6 is 0 Å². The van der Waals surface area contributed by atoms with Crippen LogP contribution in [-0.4, -0.2) is 33.9 Å². The van der Waals surface area contributed by atoms with E-state index in [1.54, 1.807) is 18.2 Å². The summed E-state index contributed by atoms with van der Waals surface area (Å²) in [6.45, 7) is 0.514. The van der Waals surface area contributed by atoms with Gasteiger partial charge in [0, 0.05) is 19.5 Å². The Bertz CT molecular complexity index is 965. The van der Waals surface area contributed by atoms with E-state index in [0.29, 0.717) is 18.0 Å². The number of nitrogens with zero attached hydrogens (tertiary/aromatic N) is 1. The highest BCUT2D eigenvalue weighted by molar-refractivity contribution is 7.92. The molecule has 1 heterocycles.